The zero-order chi connectivity index (χ0) is 21.1. The third kappa shape index (κ3) is 4.56. The number of benzene rings is 3. The molecule has 0 unspecified atom stereocenters. The third-order valence-electron chi connectivity index (χ3n) is 4.00. The van der Waals surface area contributed by atoms with Gasteiger partial charge in [-0.3, -0.25) is 4.72 Å². The molecular formula is C20H15FN4O3S2. The summed E-state index contributed by atoms with van der Waals surface area (Å²) in [4.78, 5) is 16.5. The number of sulfonamides is 1. The number of anilines is 3. The Bertz CT molecular complexity index is 1320. The fraction of sp³-hybridized carbons (Fsp3) is 0. The van der Waals surface area contributed by atoms with Crippen molar-refractivity contribution in [3.05, 3.63) is 78.6 Å². The zero-order valence-corrected chi connectivity index (χ0v) is 16.9. The minimum atomic E-state index is -3.74. The lowest BCUT2D eigenvalue weighted by atomic mass is 10.3. The molecule has 0 fully saturated rings. The molecule has 0 radical (unpaired) electrons. The summed E-state index contributed by atoms with van der Waals surface area (Å²) in [7, 11) is -3.74. The minimum absolute atomic E-state index is 0.139. The number of urea groups is 1. The van der Waals surface area contributed by atoms with Crippen molar-refractivity contribution in [2.75, 3.05) is 15.4 Å². The van der Waals surface area contributed by atoms with E-state index in [-0.39, 0.29) is 10.0 Å². The van der Waals surface area contributed by atoms with Gasteiger partial charge < -0.3 is 10.6 Å². The monoisotopic (exact) mass is 442 g/mol. The topological polar surface area (TPSA) is 100 Å². The second-order valence-electron chi connectivity index (χ2n) is 6.21. The van der Waals surface area contributed by atoms with Crippen LogP contribution >= 0.6 is 11.3 Å². The summed E-state index contributed by atoms with van der Waals surface area (Å²) in [5.41, 5.74) is 1.39. The van der Waals surface area contributed by atoms with Crippen molar-refractivity contribution in [3.8, 4) is 0 Å². The van der Waals surface area contributed by atoms with E-state index in [2.05, 4.69) is 20.3 Å². The lowest BCUT2D eigenvalue weighted by Gasteiger charge is -2.07. The second kappa shape index (κ2) is 8.09. The zero-order valence-electron chi connectivity index (χ0n) is 15.3. The molecule has 3 aromatic carbocycles. The number of hydrogen-bond donors (Lipinski definition) is 3. The molecule has 10 heteroatoms. The Morgan fingerprint density at radius 2 is 1.63 bits per heavy atom. The van der Waals surface area contributed by atoms with Crippen LogP contribution in [-0.2, 0) is 10.0 Å². The molecule has 2 amide bonds. The molecule has 4 rings (SSSR count). The van der Waals surface area contributed by atoms with Gasteiger partial charge in [-0.2, -0.15) is 0 Å². The van der Waals surface area contributed by atoms with Crippen LogP contribution in [0.5, 0.6) is 0 Å². The van der Waals surface area contributed by atoms with Gasteiger partial charge in [-0.1, -0.05) is 35.6 Å². The predicted molar refractivity (Wildman–Crippen MR) is 116 cm³/mol. The molecule has 0 saturated heterocycles. The average molecular weight is 442 g/mol. The second-order valence-corrected chi connectivity index (χ2v) is 8.92. The highest BCUT2D eigenvalue weighted by Gasteiger charge is 2.16. The van der Waals surface area contributed by atoms with Crippen molar-refractivity contribution in [1.29, 1.82) is 0 Å². The molecule has 1 heterocycles. The van der Waals surface area contributed by atoms with E-state index in [1.807, 2.05) is 0 Å². The van der Waals surface area contributed by atoms with Gasteiger partial charge in [-0.25, -0.2) is 22.6 Å². The number of fused-ring (bicyclic) bond motifs is 1. The van der Waals surface area contributed by atoms with Crippen molar-refractivity contribution in [3.63, 3.8) is 0 Å². The molecule has 7 nitrogen and oxygen atoms in total. The average Bonchev–Trinajstić information content (AvgIpc) is 3.09. The van der Waals surface area contributed by atoms with Crippen molar-refractivity contribution < 1.29 is 17.6 Å². The van der Waals surface area contributed by atoms with E-state index < -0.39 is 21.9 Å². The molecule has 0 aliphatic rings. The van der Waals surface area contributed by atoms with Crippen LogP contribution in [-0.4, -0.2) is 19.4 Å². The fourth-order valence-corrected chi connectivity index (χ4v) is 4.84. The first kappa shape index (κ1) is 19.8. The molecule has 0 atom stereocenters. The van der Waals surface area contributed by atoms with Gasteiger partial charge in [0.25, 0.3) is 10.0 Å². The lowest BCUT2D eigenvalue weighted by Crippen LogP contribution is -2.19. The maximum absolute atomic E-state index is 13.2. The summed E-state index contributed by atoms with van der Waals surface area (Å²) in [5.74, 6) is -0.454. The highest BCUT2D eigenvalue weighted by Crippen LogP contribution is 2.30. The Balaban J connectivity index is 1.49. The summed E-state index contributed by atoms with van der Waals surface area (Å²) in [5, 5.41) is 5.41. The van der Waals surface area contributed by atoms with E-state index >= 15 is 0 Å². The summed E-state index contributed by atoms with van der Waals surface area (Å²) >= 11 is 1.14. The number of halogens is 1. The van der Waals surface area contributed by atoms with Crippen molar-refractivity contribution in [1.82, 2.24) is 4.98 Å². The lowest BCUT2D eigenvalue weighted by molar-refractivity contribution is 0.262. The van der Waals surface area contributed by atoms with Crippen molar-refractivity contribution in [2.24, 2.45) is 0 Å². The molecule has 0 bridgehead atoms. The van der Waals surface area contributed by atoms with Crippen LogP contribution in [0.3, 0.4) is 0 Å². The summed E-state index contributed by atoms with van der Waals surface area (Å²) in [6, 6.07) is 18.0. The smallest absolute Gasteiger partial charge is 0.308 e. The Morgan fingerprint density at radius 1 is 0.900 bits per heavy atom. The van der Waals surface area contributed by atoms with Crippen LogP contribution in [0.25, 0.3) is 10.2 Å². The first-order valence-corrected chi connectivity index (χ1v) is 11.0. The molecule has 0 saturated carbocycles. The van der Waals surface area contributed by atoms with Crippen molar-refractivity contribution >= 4 is 54.1 Å². The first-order valence-electron chi connectivity index (χ1n) is 8.71. The molecule has 30 heavy (non-hydrogen) atoms. The third-order valence-corrected chi connectivity index (χ3v) is 6.42. The van der Waals surface area contributed by atoms with Crippen LogP contribution in [0.4, 0.5) is 25.7 Å². The van der Waals surface area contributed by atoms with Crippen molar-refractivity contribution in [2.45, 2.75) is 4.90 Å². The van der Waals surface area contributed by atoms with Crippen LogP contribution in [0.15, 0.2) is 77.7 Å². The van der Waals surface area contributed by atoms with E-state index in [0.717, 1.165) is 11.3 Å². The van der Waals surface area contributed by atoms with Gasteiger partial charge >= 0.3 is 6.03 Å². The van der Waals surface area contributed by atoms with Crippen LogP contribution in [0.1, 0.15) is 0 Å². The molecular weight excluding hydrogens is 427 g/mol. The number of aromatic nitrogens is 1. The highest BCUT2D eigenvalue weighted by atomic mass is 32.2. The van der Waals surface area contributed by atoms with Crippen LogP contribution in [0, 0.1) is 5.82 Å². The summed E-state index contributed by atoms with van der Waals surface area (Å²) in [6.07, 6.45) is 0. The normalized spacial score (nSPS) is 11.2. The van der Waals surface area contributed by atoms with Crippen LogP contribution < -0.4 is 15.4 Å². The number of nitrogens with one attached hydrogen (secondary N) is 3. The number of carbonyl (C=O) groups is 1. The largest absolute Gasteiger partial charge is 0.323 e. The van der Waals surface area contributed by atoms with Gasteiger partial charge in [0.2, 0.25) is 0 Å². The van der Waals surface area contributed by atoms with Crippen LogP contribution in [0.2, 0.25) is 0 Å². The van der Waals surface area contributed by atoms with E-state index in [9.17, 15) is 17.6 Å². The molecule has 4 aromatic rings. The number of nitrogens with zero attached hydrogens (tertiary/aromatic N) is 1. The maximum atomic E-state index is 13.2. The quantitative estimate of drug-likeness (QED) is 0.410. The predicted octanol–water partition coefficient (Wildman–Crippen LogP) is 4.88. The first-order chi connectivity index (χ1) is 14.4. The van der Waals surface area contributed by atoms with E-state index in [0.29, 0.717) is 21.6 Å². The number of thiazole rings is 1. The molecule has 0 spiro atoms. The Labute approximate surface area is 175 Å². The fourth-order valence-electron chi connectivity index (χ4n) is 2.68. The van der Waals surface area contributed by atoms with Gasteiger partial charge in [0.05, 0.1) is 15.1 Å². The Morgan fingerprint density at radius 3 is 2.37 bits per heavy atom. The van der Waals surface area contributed by atoms with Gasteiger partial charge in [0.15, 0.2) is 5.13 Å². The standard InChI is InChI=1S/C20H15FN4O3S2/c21-13-5-4-6-14(11-13)22-19(26)23-15-9-10-17-18(12-15)29-20(24-17)25-30(27,28)16-7-2-1-3-8-16/h1-12H,(H,24,25)(H2,22,23,26). The van der Waals surface area contributed by atoms with Gasteiger partial charge in [-0.15, -0.1) is 0 Å². The maximum Gasteiger partial charge on any atom is 0.323 e. The molecule has 0 aliphatic heterocycles. The van der Waals surface area contributed by atoms with E-state index in [1.54, 1.807) is 42.5 Å². The molecule has 0 aliphatic carbocycles. The molecule has 152 valence electrons. The summed E-state index contributed by atoms with van der Waals surface area (Å²) in [6.45, 7) is 0. The Kier molecular flexibility index (Phi) is 5.34. The number of carbonyl (C=O) groups excluding carboxylic acids is 1. The van der Waals surface area contributed by atoms with Gasteiger partial charge in [-0.05, 0) is 48.5 Å². The number of amides is 2. The Hall–Kier alpha value is -3.50. The number of hydrogen-bond acceptors (Lipinski definition) is 5. The van der Waals surface area contributed by atoms with Gasteiger partial charge in [0, 0.05) is 11.4 Å². The summed E-state index contributed by atoms with van der Waals surface area (Å²) < 4.78 is 41.3. The minimum Gasteiger partial charge on any atom is -0.308 e. The molecule has 3 N–H and O–H groups in total. The molecule has 1 aromatic heterocycles. The van der Waals surface area contributed by atoms with E-state index in [1.165, 1.54) is 30.3 Å². The highest BCUT2D eigenvalue weighted by molar-refractivity contribution is 7.93. The number of rotatable bonds is 5. The van der Waals surface area contributed by atoms with E-state index in [4.69, 9.17) is 0 Å². The van der Waals surface area contributed by atoms with Gasteiger partial charge in [0.1, 0.15) is 5.82 Å². The SMILES string of the molecule is O=C(Nc1cccc(F)c1)Nc1ccc2nc(NS(=O)(=O)c3ccccc3)sc2c1.